The number of imidazole rings is 1. The zero-order chi connectivity index (χ0) is 21.7. The van der Waals surface area contributed by atoms with Crippen molar-refractivity contribution in [2.75, 3.05) is 7.11 Å². The number of hydrogen-bond acceptors (Lipinski definition) is 5. The highest BCUT2D eigenvalue weighted by Crippen LogP contribution is 2.12. The van der Waals surface area contributed by atoms with E-state index < -0.39 is 5.56 Å². The van der Waals surface area contributed by atoms with E-state index in [9.17, 15) is 14.4 Å². The SMILES string of the molecule is CCCCCn1c(=O)n(CCCc2ccc(C(=O)OC)cc2)c(=O)c2[nH]c(Cl)nc21. The van der Waals surface area contributed by atoms with Crippen molar-refractivity contribution in [2.45, 2.75) is 52.1 Å². The number of ether oxygens (including phenoxy) is 1. The number of fused-ring (bicyclic) bond motifs is 1. The van der Waals surface area contributed by atoms with Crippen molar-refractivity contribution < 1.29 is 9.53 Å². The summed E-state index contributed by atoms with van der Waals surface area (Å²) in [6, 6.07) is 7.09. The first kappa shape index (κ1) is 21.8. The fourth-order valence-corrected chi connectivity index (χ4v) is 3.60. The number of H-pyrrole nitrogens is 1. The summed E-state index contributed by atoms with van der Waals surface area (Å²) < 4.78 is 7.46. The minimum absolute atomic E-state index is 0.0918. The predicted molar refractivity (Wildman–Crippen MR) is 115 cm³/mol. The van der Waals surface area contributed by atoms with Crippen LogP contribution < -0.4 is 11.2 Å². The summed E-state index contributed by atoms with van der Waals surface area (Å²) in [5.41, 5.74) is 1.26. The molecule has 0 aliphatic heterocycles. The molecule has 0 saturated heterocycles. The lowest BCUT2D eigenvalue weighted by Crippen LogP contribution is -2.40. The van der Waals surface area contributed by atoms with Gasteiger partial charge in [0.25, 0.3) is 5.56 Å². The Labute approximate surface area is 178 Å². The molecule has 9 heteroatoms. The molecule has 0 atom stereocenters. The second kappa shape index (κ2) is 9.75. The molecule has 0 amide bonds. The molecule has 3 rings (SSSR count). The molecule has 2 heterocycles. The van der Waals surface area contributed by atoms with Crippen molar-refractivity contribution in [2.24, 2.45) is 0 Å². The maximum Gasteiger partial charge on any atom is 0.337 e. The number of rotatable bonds is 9. The van der Waals surface area contributed by atoms with Crippen LogP contribution in [0.5, 0.6) is 0 Å². The predicted octanol–water partition coefficient (Wildman–Crippen LogP) is 3.15. The van der Waals surface area contributed by atoms with Gasteiger partial charge in [-0.15, -0.1) is 0 Å². The number of aromatic amines is 1. The number of nitrogens with one attached hydrogen (secondary N) is 1. The highest BCUT2D eigenvalue weighted by Gasteiger charge is 2.16. The first-order valence-electron chi connectivity index (χ1n) is 10.0. The van der Waals surface area contributed by atoms with E-state index in [1.165, 1.54) is 16.2 Å². The van der Waals surface area contributed by atoms with Gasteiger partial charge in [-0.3, -0.25) is 13.9 Å². The van der Waals surface area contributed by atoms with E-state index in [2.05, 4.69) is 16.9 Å². The lowest BCUT2D eigenvalue weighted by Gasteiger charge is -2.11. The average molecular weight is 433 g/mol. The molecule has 0 spiro atoms. The first-order chi connectivity index (χ1) is 14.5. The van der Waals surface area contributed by atoms with Gasteiger partial charge in [-0.1, -0.05) is 31.9 Å². The monoisotopic (exact) mass is 432 g/mol. The zero-order valence-electron chi connectivity index (χ0n) is 17.1. The number of unbranched alkanes of at least 4 members (excludes halogenated alkanes) is 2. The Bertz CT molecular complexity index is 1140. The van der Waals surface area contributed by atoms with Gasteiger partial charge in [0.15, 0.2) is 11.2 Å². The molecule has 1 aromatic carbocycles. The van der Waals surface area contributed by atoms with Gasteiger partial charge in [-0.05, 0) is 48.6 Å². The third-order valence-corrected chi connectivity index (χ3v) is 5.22. The molecule has 0 saturated carbocycles. The van der Waals surface area contributed by atoms with Crippen LogP contribution in [0.15, 0.2) is 33.9 Å². The molecule has 160 valence electrons. The van der Waals surface area contributed by atoms with Gasteiger partial charge in [0.1, 0.15) is 0 Å². The molecular formula is C21H25ClN4O4. The van der Waals surface area contributed by atoms with Crippen molar-refractivity contribution in [3.05, 3.63) is 61.5 Å². The molecule has 0 aliphatic rings. The van der Waals surface area contributed by atoms with Crippen molar-refractivity contribution in [3.63, 3.8) is 0 Å². The number of methoxy groups -OCH3 is 1. The van der Waals surface area contributed by atoms with Crippen molar-refractivity contribution >= 4 is 28.7 Å². The number of esters is 1. The summed E-state index contributed by atoms with van der Waals surface area (Å²) in [5, 5.41) is 0.0918. The summed E-state index contributed by atoms with van der Waals surface area (Å²) >= 11 is 5.96. The van der Waals surface area contributed by atoms with Gasteiger partial charge in [0, 0.05) is 13.1 Å². The van der Waals surface area contributed by atoms with Crippen LogP contribution in [0.2, 0.25) is 5.28 Å². The Hall–Kier alpha value is -2.87. The lowest BCUT2D eigenvalue weighted by atomic mass is 10.1. The van der Waals surface area contributed by atoms with Gasteiger partial charge in [-0.25, -0.2) is 9.59 Å². The maximum atomic E-state index is 13.0. The van der Waals surface area contributed by atoms with Crippen LogP contribution in [0.3, 0.4) is 0 Å². The van der Waals surface area contributed by atoms with Gasteiger partial charge in [0.2, 0.25) is 5.28 Å². The van der Waals surface area contributed by atoms with Gasteiger partial charge >= 0.3 is 11.7 Å². The molecule has 3 aromatic rings. The topological polar surface area (TPSA) is 99.0 Å². The molecule has 0 bridgehead atoms. The molecule has 0 fully saturated rings. The molecule has 30 heavy (non-hydrogen) atoms. The minimum Gasteiger partial charge on any atom is -0.465 e. The van der Waals surface area contributed by atoms with E-state index >= 15 is 0 Å². The van der Waals surface area contributed by atoms with Crippen LogP contribution >= 0.6 is 11.6 Å². The number of aromatic nitrogens is 4. The van der Waals surface area contributed by atoms with Crippen LogP contribution in [-0.2, 0) is 24.2 Å². The smallest absolute Gasteiger partial charge is 0.337 e. The number of carbonyl (C=O) groups is 1. The normalized spacial score (nSPS) is 11.2. The Morgan fingerprint density at radius 2 is 1.80 bits per heavy atom. The van der Waals surface area contributed by atoms with Crippen molar-refractivity contribution in [3.8, 4) is 0 Å². The number of halogens is 1. The lowest BCUT2D eigenvalue weighted by molar-refractivity contribution is 0.0600. The van der Waals surface area contributed by atoms with Crippen LogP contribution in [0.4, 0.5) is 0 Å². The molecule has 2 aromatic heterocycles. The third-order valence-electron chi connectivity index (χ3n) is 5.04. The van der Waals surface area contributed by atoms with Crippen molar-refractivity contribution in [1.29, 1.82) is 0 Å². The summed E-state index contributed by atoms with van der Waals surface area (Å²) in [6.45, 7) is 2.85. The van der Waals surface area contributed by atoms with Gasteiger partial charge < -0.3 is 9.72 Å². The summed E-state index contributed by atoms with van der Waals surface area (Å²) in [7, 11) is 1.34. The average Bonchev–Trinajstić information content (AvgIpc) is 3.14. The third kappa shape index (κ3) is 4.64. The second-order valence-corrected chi connectivity index (χ2v) is 7.47. The maximum absolute atomic E-state index is 13.0. The molecule has 0 radical (unpaired) electrons. The van der Waals surface area contributed by atoms with Gasteiger partial charge in [-0.2, -0.15) is 4.98 Å². The number of hydrogen-bond donors (Lipinski definition) is 1. The van der Waals surface area contributed by atoms with Gasteiger partial charge in [0.05, 0.1) is 12.7 Å². The molecule has 0 unspecified atom stereocenters. The Morgan fingerprint density at radius 3 is 2.47 bits per heavy atom. The van der Waals surface area contributed by atoms with E-state index in [1.807, 2.05) is 12.1 Å². The quantitative estimate of drug-likeness (QED) is 0.318. The molecule has 8 nitrogen and oxygen atoms in total. The Morgan fingerprint density at radius 1 is 1.10 bits per heavy atom. The molecule has 0 aliphatic carbocycles. The standard InChI is InChI=1S/C21H25ClN4O4/c1-3-4-5-12-25-17-16(23-20(22)24-17)18(27)26(21(25)29)13-6-7-14-8-10-15(11-9-14)19(28)30-2/h8-11H,3-7,12-13H2,1-2H3,(H,23,24). The summed E-state index contributed by atoms with van der Waals surface area (Å²) in [6.07, 6.45) is 4.07. The number of benzene rings is 1. The van der Waals surface area contributed by atoms with E-state index in [0.717, 1.165) is 24.8 Å². The highest BCUT2D eigenvalue weighted by atomic mass is 35.5. The Balaban J connectivity index is 1.80. The summed E-state index contributed by atoms with van der Waals surface area (Å²) in [5.74, 6) is -0.386. The van der Waals surface area contributed by atoms with E-state index in [4.69, 9.17) is 16.3 Å². The van der Waals surface area contributed by atoms with Crippen molar-refractivity contribution in [1.82, 2.24) is 19.1 Å². The Kier molecular flexibility index (Phi) is 7.10. The minimum atomic E-state index is -0.415. The first-order valence-corrected chi connectivity index (χ1v) is 10.4. The second-order valence-electron chi connectivity index (χ2n) is 7.12. The van der Waals surface area contributed by atoms with Crippen LogP contribution in [0.25, 0.3) is 11.2 Å². The number of carbonyl (C=O) groups excluding carboxylic acids is 1. The van der Waals surface area contributed by atoms with E-state index in [0.29, 0.717) is 30.6 Å². The molecular weight excluding hydrogens is 408 g/mol. The van der Waals surface area contributed by atoms with Crippen LogP contribution in [0.1, 0.15) is 48.5 Å². The molecule has 1 N–H and O–H groups in total. The highest BCUT2D eigenvalue weighted by molar-refractivity contribution is 6.28. The van der Waals surface area contributed by atoms with E-state index in [1.54, 1.807) is 12.1 Å². The van der Waals surface area contributed by atoms with E-state index in [-0.39, 0.29) is 29.0 Å². The number of nitrogens with zero attached hydrogens (tertiary/aromatic N) is 3. The fraction of sp³-hybridized carbons (Fsp3) is 0.429. The number of aryl methyl sites for hydroxylation is 2. The van der Waals surface area contributed by atoms with Crippen LogP contribution in [-0.4, -0.2) is 32.2 Å². The van der Waals surface area contributed by atoms with Crippen LogP contribution in [0, 0.1) is 0 Å². The fourth-order valence-electron chi connectivity index (χ4n) is 3.42. The zero-order valence-corrected chi connectivity index (χ0v) is 17.9. The summed E-state index contributed by atoms with van der Waals surface area (Å²) in [4.78, 5) is 44.2. The largest absolute Gasteiger partial charge is 0.465 e.